The van der Waals surface area contributed by atoms with Crippen LogP contribution < -0.4 is 39.7 Å². The number of benzene rings is 4. The van der Waals surface area contributed by atoms with Crippen molar-refractivity contribution in [2.45, 2.75) is 65.3 Å². The number of nitrogens with two attached hydrogens (primary N) is 6. The normalized spacial score (nSPS) is 12.4. The number of halogens is 3. The molecule has 24 aromatic rings. The molecule has 678 valence electrons. The monoisotopic (exact) mass is 1900 g/mol. The van der Waals surface area contributed by atoms with E-state index < -0.39 is 0 Å². The van der Waals surface area contributed by atoms with Crippen LogP contribution in [0.15, 0.2) is 265 Å². The number of hydrogen-bond donors (Lipinski definition) is 8. The minimum Gasteiger partial charge on any atom is -0.508 e. The molecule has 0 saturated carbocycles. The molecule has 14 N–H and O–H groups in total. The summed E-state index contributed by atoms with van der Waals surface area (Å²) in [4.78, 5) is 60.6. The molecule has 1 atom stereocenters. The first kappa shape index (κ1) is 85.8. The highest BCUT2D eigenvalue weighted by atomic mass is 79.9. The number of furan rings is 5. The number of nitrogen functional groups attached to an aromatic ring is 6. The number of aromatic nitrogens is 31. The maximum Gasteiger partial charge on any atom is 0.259 e. The third kappa shape index (κ3) is 17.9. The molecule has 0 bridgehead atoms. The van der Waals surface area contributed by atoms with E-state index in [1.54, 1.807) is 158 Å². The van der Waals surface area contributed by atoms with Crippen molar-refractivity contribution in [1.29, 1.82) is 0 Å². The number of hydrogen-bond acceptors (Lipinski definition) is 35. The zero-order valence-electron chi connectivity index (χ0n) is 71.4. The number of aryl methyl sites for hydroxylation is 4. The Kier molecular flexibility index (Phi) is 23.6. The van der Waals surface area contributed by atoms with Gasteiger partial charge in [0.25, 0.3) is 5.78 Å². The predicted molar refractivity (Wildman–Crippen MR) is 504 cm³/mol. The number of phenols is 1. The maximum atomic E-state index is 13.1. The second-order valence-electron chi connectivity index (χ2n) is 30.3. The van der Waals surface area contributed by atoms with Crippen LogP contribution in [0.1, 0.15) is 42.9 Å². The molecule has 0 spiro atoms. The van der Waals surface area contributed by atoms with Crippen LogP contribution in [-0.2, 0) is 39.1 Å². The van der Waals surface area contributed by atoms with Crippen molar-refractivity contribution in [3.63, 3.8) is 0 Å². The van der Waals surface area contributed by atoms with E-state index in [2.05, 4.69) is 168 Å². The van der Waals surface area contributed by atoms with Gasteiger partial charge >= 0.3 is 0 Å². The van der Waals surface area contributed by atoms with Gasteiger partial charge in [-0.1, -0.05) is 90.5 Å². The van der Waals surface area contributed by atoms with Gasteiger partial charge in [-0.2, -0.15) is 67.8 Å². The van der Waals surface area contributed by atoms with Crippen molar-refractivity contribution in [2.24, 2.45) is 5.92 Å². The minimum atomic E-state index is -0.274. The van der Waals surface area contributed by atoms with Crippen LogP contribution >= 0.6 is 27.5 Å². The summed E-state index contributed by atoms with van der Waals surface area (Å²) < 4.78 is 55.2. The molecule has 0 fully saturated rings. The zero-order valence-corrected chi connectivity index (χ0v) is 73.7. The lowest BCUT2D eigenvalue weighted by atomic mass is 9.96. The summed E-state index contributed by atoms with van der Waals surface area (Å²) >= 11 is 9.36. The van der Waals surface area contributed by atoms with Crippen molar-refractivity contribution in [1.82, 2.24) is 152 Å². The van der Waals surface area contributed by atoms with E-state index in [1.165, 1.54) is 46.6 Å². The van der Waals surface area contributed by atoms with E-state index in [1.807, 2.05) is 51.3 Å². The highest BCUT2D eigenvalue weighted by Crippen LogP contribution is 2.32. The van der Waals surface area contributed by atoms with Crippen LogP contribution in [0, 0.1) is 11.7 Å². The number of aromatic hydroxyl groups is 1. The Hall–Kier alpha value is -18.2. The first-order valence-corrected chi connectivity index (χ1v) is 43.2. The summed E-state index contributed by atoms with van der Waals surface area (Å²) in [6.45, 7) is 5.27. The lowest BCUT2D eigenvalue weighted by Crippen LogP contribution is -2.09. The SMILES string of the molecule is CCn1c(Br)nc2c(N)ncnc21.Nc1nc(NCc2ccc(O)cc2)nc2nc(-c3ccco3)nn12.Nc1nc2c(cnn2CCCC2C=CC=CC2)c2nc(-c3ccco3)nn12.Nc1nc2c(cnn2CCc2ccccc2)c2nc(-c3ccco3)nn12.Nc1nc2ccc(Cl)cc2c2nc(-c3ccco3)nn12.Nc1nc2nn(Cc3ccc(F)cc3)cc2c2nc(-c3ccco3)nn12. The molecule has 1 unspecified atom stereocenters. The smallest absolute Gasteiger partial charge is 0.259 e. The van der Waals surface area contributed by atoms with Crippen LogP contribution in [0.25, 0.3) is 141 Å². The molecule has 0 saturated heterocycles. The largest absolute Gasteiger partial charge is 0.508 e. The second kappa shape index (κ2) is 37.3. The molecule has 0 aliphatic heterocycles. The molecular weight excluding hydrogens is 1830 g/mol. The van der Waals surface area contributed by atoms with Crippen LogP contribution in [0.3, 0.4) is 0 Å². The predicted octanol–water partition coefficient (Wildman–Crippen LogP) is 13.9. The van der Waals surface area contributed by atoms with Gasteiger partial charge in [0.2, 0.25) is 64.8 Å². The fourth-order valence-corrected chi connectivity index (χ4v) is 15.6. The van der Waals surface area contributed by atoms with Gasteiger partial charge in [-0.05, 0) is 174 Å². The van der Waals surface area contributed by atoms with Crippen LogP contribution in [0.2, 0.25) is 5.02 Å². The minimum absolute atomic E-state index is 0.165. The number of anilines is 7. The van der Waals surface area contributed by atoms with Gasteiger partial charge in [-0.15, -0.1) is 25.5 Å². The molecule has 44 nitrogen and oxygen atoms in total. The zero-order chi connectivity index (χ0) is 93.0. The first-order chi connectivity index (χ1) is 66.4. The summed E-state index contributed by atoms with van der Waals surface area (Å²) in [6.07, 6.45) is 27.5. The molecule has 0 amide bonds. The summed E-state index contributed by atoms with van der Waals surface area (Å²) in [7, 11) is 0. The van der Waals surface area contributed by atoms with Crippen molar-refractivity contribution >= 4 is 153 Å². The fourth-order valence-electron chi connectivity index (χ4n) is 14.8. The Morgan fingerprint density at radius 1 is 0.485 bits per heavy atom. The highest BCUT2D eigenvalue weighted by molar-refractivity contribution is 9.10. The molecule has 47 heteroatoms. The quantitative estimate of drug-likeness (QED) is 0.0370. The van der Waals surface area contributed by atoms with E-state index >= 15 is 0 Å². The summed E-state index contributed by atoms with van der Waals surface area (Å²) in [6, 6.07) is 46.5. The van der Waals surface area contributed by atoms with Crippen molar-refractivity contribution in [3.8, 4) is 63.7 Å². The topological polar surface area (TPSA) is 579 Å². The highest BCUT2D eigenvalue weighted by Gasteiger charge is 2.24. The summed E-state index contributed by atoms with van der Waals surface area (Å²) in [5.41, 5.74) is 45.3. The van der Waals surface area contributed by atoms with Crippen LogP contribution in [0.4, 0.5) is 45.9 Å². The summed E-state index contributed by atoms with van der Waals surface area (Å²) in [5, 5.41) is 51.2. The molecule has 25 rings (SSSR count). The van der Waals surface area contributed by atoms with Gasteiger partial charge in [0.1, 0.15) is 17.9 Å². The molecule has 20 heterocycles. The molecule has 0 radical (unpaired) electrons. The van der Waals surface area contributed by atoms with E-state index in [-0.39, 0.29) is 41.3 Å². The van der Waals surface area contributed by atoms with E-state index in [4.69, 9.17) is 68.1 Å². The van der Waals surface area contributed by atoms with Crippen molar-refractivity contribution in [3.05, 3.63) is 271 Å². The van der Waals surface area contributed by atoms with Gasteiger partial charge in [0.05, 0.1) is 71.9 Å². The second-order valence-corrected chi connectivity index (χ2v) is 31.5. The van der Waals surface area contributed by atoms with Gasteiger partial charge < -0.3 is 71.5 Å². The lowest BCUT2D eigenvalue weighted by Gasteiger charge is -2.12. The van der Waals surface area contributed by atoms with Gasteiger partial charge in [-0.25, -0.2) is 53.6 Å². The average molecular weight is 1910 g/mol. The Labute approximate surface area is 776 Å². The fraction of sp³-hybridized carbons (Fsp3) is 0.124. The van der Waals surface area contributed by atoms with E-state index in [0.717, 1.165) is 87.6 Å². The third-order valence-corrected chi connectivity index (χ3v) is 22.2. The van der Waals surface area contributed by atoms with Crippen molar-refractivity contribution in [2.75, 3.05) is 39.7 Å². The van der Waals surface area contributed by atoms with E-state index in [9.17, 15) is 9.50 Å². The average Bonchev–Trinajstić information content (AvgIpc) is 1.62. The number of imidazole rings is 1. The summed E-state index contributed by atoms with van der Waals surface area (Å²) in [5.74, 6) is 7.80. The molecular formula is C89H75BrClFN38O6. The Morgan fingerprint density at radius 2 is 1.01 bits per heavy atom. The number of fused-ring (bicyclic) bond motifs is 14. The lowest BCUT2D eigenvalue weighted by molar-refractivity contribution is 0.475. The Balaban J connectivity index is 0.000000102. The number of nitrogens with zero attached hydrogens (tertiary/aromatic N) is 31. The number of rotatable bonds is 18. The van der Waals surface area contributed by atoms with Crippen LogP contribution in [0.5, 0.6) is 5.75 Å². The van der Waals surface area contributed by atoms with Crippen LogP contribution in [-0.4, -0.2) is 157 Å². The first-order valence-electron chi connectivity index (χ1n) is 42.0. The van der Waals surface area contributed by atoms with E-state index in [0.29, 0.717) is 151 Å². The molecule has 1 aliphatic rings. The Morgan fingerprint density at radius 3 is 1.56 bits per heavy atom. The maximum absolute atomic E-state index is 13.1. The third-order valence-electron chi connectivity index (χ3n) is 21.4. The number of nitrogens with one attached hydrogen (secondary N) is 1. The molecule has 1 aliphatic carbocycles. The standard InChI is InChI=1S/C19H19N7O.C18H15N7O.C17H12FN7O.C15H13N7O2.C13H8ClN5O.C7H8BrN5/c20-19-23-17-14(18-22-16(24-26(18)19)15-9-5-11-27-15)12-21-25(17)10-4-8-13-6-2-1-3-7-13;19-18-22-16-13(11-20-24(16)9-8-12-5-2-1-3-6-12)17-21-15(23-25(17)18)14-7-4-10-26-14;18-11-5-3-10(4-6-11)8-24-9-12-14(22-24)21-17(19)25-16(12)20-15(23-25)13-2-1-7-26-13;16-13-19-14(17-8-9-3-5-10(23)6-4-9)20-15-18-12(21-22(13)15)11-2-1-7-24-11;14-7-3-4-9-8(6-7)12-17-11(10-2-1-5-20-10)18-19(12)13(15)16-9;1-2-13-6-4(12-7(13)8)5(9)10-3-11-6/h1-3,5-6,9,11-13H,4,7-8,10H2,(H2,20,23);1-7,10-11H,8-9H2,(H2,19,22);1-7,9H,8H2,(H2,19,21,22);1-7,23H,8H2,(H3,16,17,18,19,20,21);1-6H,(H2,15,16);3H,2H2,1H3,(H2,9,10,11). The molecule has 136 heavy (non-hydrogen) atoms. The van der Waals surface area contributed by atoms with Crippen molar-refractivity contribution < 1.29 is 31.6 Å². The molecule has 4 aromatic carbocycles. The Bertz CT molecular complexity index is 8420. The number of allylic oxidation sites excluding steroid dienone is 4. The van der Waals surface area contributed by atoms with Gasteiger partial charge in [0.15, 0.2) is 90.0 Å². The van der Waals surface area contributed by atoms with Gasteiger partial charge in [0, 0.05) is 42.8 Å². The number of phenolic OH excluding ortho intramolecular Hbond substituents is 1. The molecule has 20 aromatic heterocycles. The van der Waals surface area contributed by atoms with Gasteiger partial charge in [-0.3, -0.25) is 4.68 Å².